The van der Waals surface area contributed by atoms with E-state index < -0.39 is 0 Å². The molecule has 6 heteroatoms. The van der Waals surface area contributed by atoms with Crippen LogP contribution in [0.5, 0.6) is 0 Å². The maximum atomic E-state index is 12.5. The summed E-state index contributed by atoms with van der Waals surface area (Å²) < 4.78 is 0. The van der Waals surface area contributed by atoms with Crippen LogP contribution in [0.25, 0.3) is 0 Å². The summed E-state index contributed by atoms with van der Waals surface area (Å²) in [7, 11) is 0. The zero-order valence-electron chi connectivity index (χ0n) is 15.0. The molecule has 1 aromatic rings. The first-order valence-corrected chi connectivity index (χ1v) is 9.24. The van der Waals surface area contributed by atoms with Crippen LogP contribution in [0.15, 0.2) is 24.3 Å². The highest BCUT2D eigenvalue weighted by atomic mass is 16.2. The molecule has 6 nitrogen and oxygen atoms in total. The molecule has 0 aromatic heterocycles. The predicted molar refractivity (Wildman–Crippen MR) is 98.6 cm³/mol. The van der Waals surface area contributed by atoms with Crippen molar-refractivity contribution in [3.8, 4) is 0 Å². The Hall–Kier alpha value is -2.08. The van der Waals surface area contributed by atoms with Gasteiger partial charge in [-0.25, -0.2) is 4.79 Å². The molecule has 2 saturated heterocycles. The van der Waals surface area contributed by atoms with Gasteiger partial charge in [-0.2, -0.15) is 0 Å². The summed E-state index contributed by atoms with van der Waals surface area (Å²) in [6.07, 6.45) is 3.14. The second kappa shape index (κ2) is 8.34. The third kappa shape index (κ3) is 4.95. The number of likely N-dealkylation sites (tertiary alicyclic amines) is 1. The Kier molecular flexibility index (Phi) is 5.91. The Bertz CT molecular complexity index is 596. The molecule has 136 valence electrons. The lowest BCUT2D eigenvalue weighted by Crippen LogP contribution is -2.41. The fraction of sp³-hybridized carbons (Fsp3) is 0.579. The van der Waals surface area contributed by atoms with Crippen LogP contribution in [0.1, 0.15) is 24.8 Å². The zero-order chi connectivity index (χ0) is 17.6. The molecule has 0 atom stereocenters. The van der Waals surface area contributed by atoms with E-state index in [0.717, 1.165) is 57.7 Å². The molecule has 0 unspecified atom stereocenters. The summed E-state index contributed by atoms with van der Waals surface area (Å²) in [5, 5.41) is 2.96. The average Bonchev–Trinajstić information content (AvgIpc) is 3.04. The first kappa shape index (κ1) is 17.7. The molecule has 2 aliphatic heterocycles. The Morgan fingerprint density at radius 1 is 0.880 bits per heavy atom. The van der Waals surface area contributed by atoms with E-state index >= 15 is 0 Å². The van der Waals surface area contributed by atoms with Gasteiger partial charge in [0.2, 0.25) is 5.91 Å². The Morgan fingerprint density at radius 3 is 2.28 bits per heavy atom. The fourth-order valence-electron chi connectivity index (χ4n) is 3.43. The maximum Gasteiger partial charge on any atom is 0.321 e. The van der Waals surface area contributed by atoms with Gasteiger partial charge in [0.25, 0.3) is 0 Å². The number of rotatable bonds is 3. The van der Waals surface area contributed by atoms with E-state index in [1.807, 2.05) is 41.0 Å². The van der Waals surface area contributed by atoms with E-state index in [4.69, 9.17) is 0 Å². The van der Waals surface area contributed by atoms with Crippen molar-refractivity contribution in [3.63, 3.8) is 0 Å². The third-order valence-corrected chi connectivity index (χ3v) is 5.00. The van der Waals surface area contributed by atoms with Crippen molar-refractivity contribution in [1.29, 1.82) is 0 Å². The first-order valence-electron chi connectivity index (χ1n) is 9.24. The highest BCUT2D eigenvalue weighted by molar-refractivity contribution is 5.89. The largest absolute Gasteiger partial charge is 0.342 e. The lowest BCUT2D eigenvalue weighted by molar-refractivity contribution is -0.131. The minimum atomic E-state index is -0.0587. The number of benzene rings is 1. The Morgan fingerprint density at radius 2 is 1.56 bits per heavy atom. The highest BCUT2D eigenvalue weighted by Crippen LogP contribution is 2.12. The zero-order valence-corrected chi connectivity index (χ0v) is 15.0. The lowest BCUT2D eigenvalue weighted by atomic mass is 10.2. The summed E-state index contributed by atoms with van der Waals surface area (Å²) in [6, 6.07) is 7.77. The third-order valence-electron chi connectivity index (χ3n) is 5.00. The van der Waals surface area contributed by atoms with Gasteiger partial charge >= 0.3 is 6.03 Å². The highest BCUT2D eigenvalue weighted by Gasteiger charge is 2.23. The van der Waals surface area contributed by atoms with Crippen molar-refractivity contribution in [3.05, 3.63) is 29.8 Å². The molecular formula is C19H28N4O2. The molecule has 1 aromatic carbocycles. The van der Waals surface area contributed by atoms with Gasteiger partial charge in [-0.1, -0.05) is 17.7 Å². The van der Waals surface area contributed by atoms with Gasteiger partial charge in [-0.15, -0.1) is 0 Å². The molecule has 25 heavy (non-hydrogen) atoms. The van der Waals surface area contributed by atoms with Crippen LogP contribution < -0.4 is 5.32 Å². The fourth-order valence-corrected chi connectivity index (χ4v) is 3.43. The van der Waals surface area contributed by atoms with E-state index in [0.29, 0.717) is 13.1 Å². The SMILES string of the molecule is Cc1ccc(NC(=O)N2CCCN(CC(=O)N3CCCC3)CC2)cc1. The number of carbonyl (C=O) groups excluding carboxylic acids is 2. The Balaban J connectivity index is 1.48. The van der Waals surface area contributed by atoms with Crippen molar-refractivity contribution >= 4 is 17.6 Å². The normalized spacial score (nSPS) is 18.9. The molecule has 0 saturated carbocycles. The molecule has 2 fully saturated rings. The van der Waals surface area contributed by atoms with E-state index in [1.165, 1.54) is 5.56 Å². The summed E-state index contributed by atoms with van der Waals surface area (Å²) in [6.45, 7) is 7.31. The van der Waals surface area contributed by atoms with Gasteiger partial charge in [0.1, 0.15) is 0 Å². The molecule has 3 rings (SSSR count). The number of hydrogen-bond donors (Lipinski definition) is 1. The molecular weight excluding hydrogens is 316 g/mol. The monoisotopic (exact) mass is 344 g/mol. The number of nitrogens with zero attached hydrogens (tertiary/aromatic N) is 3. The number of urea groups is 1. The van der Waals surface area contributed by atoms with Gasteiger partial charge in [-0.05, 0) is 38.3 Å². The molecule has 1 N–H and O–H groups in total. The number of anilines is 1. The van der Waals surface area contributed by atoms with Gasteiger partial charge in [0, 0.05) is 45.0 Å². The smallest absolute Gasteiger partial charge is 0.321 e. The standard InChI is InChI=1S/C19H28N4O2/c1-16-5-7-17(8-6-16)20-19(25)23-12-4-9-21(13-14-23)15-18(24)22-10-2-3-11-22/h5-8H,2-4,9-15H2,1H3,(H,20,25). The minimum absolute atomic E-state index is 0.0587. The van der Waals surface area contributed by atoms with Crippen LogP contribution in [0.2, 0.25) is 0 Å². The van der Waals surface area contributed by atoms with Gasteiger partial charge < -0.3 is 15.1 Å². The quantitative estimate of drug-likeness (QED) is 0.914. The second-order valence-electron chi connectivity index (χ2n) is 7.00. The summed E-state index contributed by atoms with van der Waals surface area (Å²) in [5.74, 6) is 0.232. The van der Waals surface area contributed by atoms with Crippen LogP contribution in [0.3, 0.4) is 0 Å². The van der Waals surface area contributed by atoms with Crippen molar-refractivity contribution < 1.29 is 9.59 Å². The summed E-state index contributed by atoms with van der Waals surface area (Å²) >= 11 is 0. The summed E-state index contributed by atoms with van der Waals surface area (Å²) in [4.78, 5) is 30.8. The van der Waals surface area contributed by atoms with Crippen LogP contribution >= 0.6 is 0 Å². The van der Waals surface area contributed by atoms with Crippen LogP contribution in [-0.2, 0) is 4.79 Å². The van der Waals surface area contributed by atoms with Gasteiger partial charge in [-0.3, -0.25) is 9.69 Å². The molecule has 0 radical (unpaired) electrons. The molecule has 3 amide bonds. The number of amides is 3. The molecule has 2 aliphatic rings. The number of carbonyl (C=O) groups is 2. The number of nitrogens with one attached hydrogen (secondary N) is 1. The maximum absolute atomic E-state index is 12.5. The van der Waals surface area contributed by atoms with Crippen molar-refractivity contribution in [1.82, 2.24) is 14.7 Å². The predicted octanol–water partition coefficient (Wildman–Crippen LogP) is 2.16. The number of aryl methyl sites for hydroxylation is 1. The topological polar surface area (TPSA) is 55.9 Å². The molecule has 2 heterocycles. The van der Waals surface area contributed by atoms with E-state index in [-0.39, 0.29) is 11.9 Å². The molecule has 0 aliphatic carbocycles. The van der Waals surface area contributed by atoms with Crippen molar-refractivity contribution in [2.75, 3.05) is 51.1 Å². The summed E-state index contributed by atoms with van der Waals surface area (Å²) in [5.41, 5.74) is 1.99. The van der Waals surface area contributed by atoms with Crippen molar-refractivity contribution in [2.24, 2.45) is 0 Å². The second-order valence-corrected chi connectivity index (χ2v) is 7.00. The van der Waals surface area contributed by atoms with Gasteiger partial charge in [0.15, 0.2) is 0 Å². The minimum Gasteiger partial charge on any atom is -0.342 e. The number of hydrogen-bond acceptors (Lipinski definition) is 3. The van der Waals surface area contributed by atoms with Crippen LogP contribution in [-0.4, -0.2) is 72.5 Å². The molecule has 0 spiro atoms. The van der Waals surface area contributed by atoms with Crippen molar-refractivity contribution in [2.45, 2.75) is 26.2 Å². The van der Waals surface area contributed by atoms with Crippen LogP contribution in [0, 0.1) is 6.92 Å². The van der Waals surface area contributed by atoms with E-state index in [9.17, 15) is 9.59 Å². The Labute approximate surface area is 149 Å². The first-order chi connectivity index (χ1) is 12.1. The van der Waals surface area contributed by atoms with Crippen LogP contribution in [0.4, 0.5) is 10.5 Å². The lowest BCUT2D eigenvalue weighted by Gasteiger charge is -2.24. The van der Waals surface area contributed by atoms with Gasteiger partial charge in [0.05, 0.1) is 6.54 Å². The average molecular weight is 344 g/mol. The van der Waals surface area contributed by atoms with E-state index in [2.05, 4.69) is 10.2 Å². The van der Waals surface area contributed by atoms with E-state index in [1.54, 1.807) is 0 Å². The molecule has 0 bridgehead atoms.